The van der Waals surface area contributed by atoms with Crippen LogP contribution in [0.25, 0.3) is 0 Å². The summed E-state index contributed by atoms with van der Waals surface area (Å²) in [5.74, 6) is 1.91. The van der Waals surface area contributed by atoms with E-state index in [1.165, 1.54) is 10.6 Å². The summed E-state index contributed by atoms with van der Waals surface area (Å²) in [5.41, 5.74) is 0. The molecule has 0 N–H and O–H groups in total. The van der Waals surface area contributed by atoms with Gasteiger partial charge in [0.25, 0.3) is 0 Å². The molecule has 0 spiro atoms. The normalized spacial score (nSPS) is 7.00. The zero-order valence-electron chi connectivity index (χ0n) is 9.36. The van der Waals surface area contributed by atoms with Crippen LogP contribution in [0.15, 0.2) is 0 Å². The maximum absolute atomic E-state index is 2.33. The number of hydrogen-bond acceptors (Lipinski definition) is 0. The van der Waals surface area contributed by atoms with Crippen LogP contribution in [0.4, 0.5) is 0 Å². The Balaban J connectivity index is -0.0000000320. The Labute approximate surface area is 132 Å². The van der Waals surface area contributed by atoms with Gasteiger partial charge in [0.05, 0.1) is 0 Å². The van der Waals surface area contributed by atoms with E-state index >= 15 is 0 Å². The summed E-state index contributed by atoms with van der Waals surface area (Å²) in [6.07, 6.45) is 0. The van der Waals surface area contributed by atoms with Crippen LogP contribution in [-0.4, -0.2) is 15.2 Å². The first-order chi connectivity index (χ1) is 4.13. The van der Waals surface area contributed by atoms with Gasteiger partial charge in [0.1, 0.15) is 0 Å². The Morgan fingerprint density at radius 3 is 1.07 bits per heavy atom. The van der Waals surface area contributed by atoms with E-state index in [9.17, 15) is 0 Å². The van der Waals surface area contributed by atoms with Crippen LogP contribution in [0.1, 0.15) is 27.7 Å². The second kappa shape index (κ2) is 24.5. The third kappa shape index (κ3) is 36.7. The molecule has 1 radical (unpaired) electrons. The fourth-order valence-electron chi connectivity index (χ4n) is 0.934. The topological polar surface area (TPSA) is 0 Å². The smallest absolute Gasteiger partial charge is 0.147 e. The van der Waals surface area contributed by atoms with Crippen molar-refractivity contribution in [3.05, 3.63) is 0 Å². The molecular formula is C8H23AlCl4V. The van der Waals surface area contributed by atoms with Crippen LogP contribution in [0.3, 0.4) is 0 Å². The standard InChI is InChI=1S/2C4H9.Al.4ClH.V.H/c2*1-4(2)3;;;;;;;/h2*4H,1H2,2-3H3;;4*1H;;. The van der Waals surface area contributed by atoms with Gasteiger partial charge in [0, 0.05) is 18.6 Å². The number of rotatable bonds is 4. The average Bonchev–Trinajstić information content (AvgIpc) is 1.63. The largest absolute Gasteiger partial charge is 0.237 e. The van der Waals surface area contributed by atoms with Gasteiger partial charge in [-0.1, -0.05) is 50.1 Å². The van der Waals surface area contributed by atoms with E-state index in [1.807, 2.05) is 0 Å². The van der Waals surface area contributed by atoms with Gasteiger partial charge in [-0.3, -0.25) is 0 Å². The molecule has 0 aromatic heterocycles. The third-order valence-electron chi connectivity index (χ3n) is 1.56. The molecule has 0 nitrogen and oxygen atoms in total. The molecule has 0 amide bonds. The van der Waals surface area contributed by atoms with Crippen molar-refractivity contribution >= 4 is 64.8 Å². The molecule has 0 bridgehead atoms. The molecule has 14 heavy (non-hydrogen) atoms. The van der Waals surface area contributed by atoms with Crippen LogP contribution in [0.5, 0.6) is 0 Å². The minimum absolute atomic E-state index is 0. The molecule has 0 heterocycles. The summed E-state index contributed by atoms with van der Waals surface area (Å²) >= 11 is 0.316. The molecule has 0 saturated heterocycles. The van der Waals surface area contributed by atoms with Gasteiger partial charge >= 0.3 is 0 Å². The van der Waals surface area contributed by atoms with E-state index in [0.29, 0.717) is 15.2 Å². The first-order valence-electron chi connectivity index (χ1n) is 4.13. The van der Waals surface area contributed by atoms with Crippen LogP contribution in [0.2, 0.25) is 10.6 Å². The Morgan fingerprint density at radius 2 is 0.929 bits per heavy atom. The van der Waals surface area contributed by atoms with E-state index in [1.54, 1.807) is 0 Å². The molecule has 0 saturated carbocycles. The van der Waals surface area contributed by atoms with Crippen molar-refractivity contribution in [1.82, 2.24) is 0 Å². The molecule has 6 heteroatoms. The zero-order valence-corrected chi connectivity index (χ0v) is 15.4. The van der Waals surface area contributed by atoms with Crippen molar-refractivity contribution in [2.24, 2.45) is 11.8 Å². The molecule has 0 atom stereocenters. The molecule has 0 aromatic carbocycles. The van der Waals surface area contributed by atoms with Crippen LogP contribution in [0, 0.1) is 11.8 Å². The maximum atomic E-state index is 2.33. The second-order valence-corrected chi connectivity index (χ2v) is 5.58. The predicted octanol–water partition coefficient (Wildman–Crippen LogP) is 4.26. The van der Waals surface area contributed by atoms with E-state index < -0.39 is 0 Å². The average molecular weight is 339 g/mol. The molecular weight excluding hydrogens is 316 g/mol. The molecule has 0 rings (SSSR count). The summed E-state index contributed by atoms with van der Waals surface area (Å²) in [6.45, 7) is 9.31. The van der Waals surface area contributed by atoms with Crippen LogP contribution >= 0.6 is 49.6 Å². The summed E-state index contributed by atoms with van der Waals surface area (Å²) in [7, 11) is 0. The van der Waals surface area contributed by atoms with E-state index in [2.05, 4.69) is 27.7 Å². The van der Waals surface area contributed by atoms with Crippen molar-refractivity contribution in [3.63, 3.8) is 0 Å². The minimum atomic E-state index is 0. The fraction of sp³-hybridized carbons (Fsp3) is 1.00. The van der Waals surface area contributed by atoms with Crippen molar-refractivity contribution in [2.75, 3.05) is 0 Å². The quantitative estimate of drug-likeness (QED) is 0.672. The maximum Gasteiger partial charge on any atom is 0.237 e. The summed E-state index contributed by atoms with van der Waals surface area (Å²) in [5, 5.41) is 3.08. The molecule has 0 fully saturated rings. The summed E-state index contributed by atoms with van der Waals surface area (Å²) in [6, 6.07) is 0. The summed E-state index contributed by atoms with van der Waals surface area (Å²) < 4.78 is 0. The summed E-state index contributed by atoms with van der Waals surface area (Å²) in [4.78, 5) is 0. The van der Waals surface area contributed by atoms with Gasteiger partial charge in [0.2, 0.25) is 15.2 Å². The van der Waals surface area contributed by atoms with Crippen LogP contribution < -0.4 is 0 Å². The van der Waals surface area contributed by atoms with Gasteiger partial charge in [0.15, 0.2) is 0 Å². The minimum Gasteiger partial charge on any atom is -0.147 e. The third-order valence-corrected chi connectivity index (χ3v) is 4.69. The fourth-order valence-corrected chi connectivity index (χ4v) is 2.80. The zero-order chi connectivity index (χ0) is 7.28. The Morgan fingerprint density at radius 1 is 0.714 bits per heavy atom. The predicted molar refractivity (Wildman–Crippen MR) is 75.4 cm³/mol. The Kier molecular flexibility index (Phi) is 62.9. The molecule has 0 aliphatic rings. The Hall–Kier alpha value is 2.28. The molecule has 0 aliphatic heterocycles. The molecule has 0 aromatic rings. The van der Waals surface area contributed by atoms with Crippen molar-refractivity contribution in [2.45, 2.75) is 38.3 Å². The first kappa shape index (κ1) is 36.0. The van der Waals surface area contributed by atoms with Crippen molar-refractivity contribution in [3.8, 4) is 0 Å². The van der Waals surface area contributed by atoms with E-state index in [-0.39, 0.29) is 68.2 Å². The first-order valence-corrected chi connectivity index (χ1v) is 6.13. The molecule has 91 valence electrons. The van der Waals surface area contributed by atoms with Gasteiger partial charge in [-0.25, -0.2) is 0 Å². The monoisotopic (exact) mass is 337 g/mol. The van der Waals surface area contributed by atoms with Crippen LogP contribution in [-0.2, 0) is 18.6 Å². The van der Waals surface area contributed by atoms with Crippen molar-refractivity contribution in [1.29, 1.82) is 0 Å². The number of hydrogen-bond donors (Lipinski definition) is 0. The van der Waals surface area contributed by atoms with Gasteiger partial charge < -0.3 is 0 Å². The van der Waals surface area contributed by atoms with Gasteiger partial charge in [-0.05, 0) is 0 Å². The Bertz CT molecular complexity index is 66.4. The molecule has 0 aliphatic carbocycles. The number of halogens is 4. The van der Waals surface area contributed by atoms with Gasteiger partial charge in [-0.2, -0.15) is 0 Å². The SMILES string of the molecule is CC(C)[CH2][AlH][CH2]C(C)C.Cl.Cl.Cl.Cl.[V]. The van der Waals surface area contributed by atoms with E-state index in [0.717, 1.165) is 11.8 Å². The van der Waals surface area contributed by atoms with Crippen molar-refractivity contribution < 1.29 is 18.6 Å². The van der Waals surface area contributed by atoms with Gasteiger partial charge in [-0.15, -0.1) is 49.6 Å². The second-order valence-electron chi connectivity index (χ2n) is 3.72. The van der Waals surface area contributed by atoms with E-state index in [4.69, 9.17) is 0 Å². The molecule has 0 unspecified atom stereocenters.